The summed E-state index contributed by atoms with van der Waals surface area (Å²) < 4.78 is 11.8. The quantitative estimate of drug-likeness (QED) is 0.514. The Morgan fingerprint density at radius 2 is 1.80 bits per heavy atom. The molecule has 0 fully saturated rings. The molecule has 0 saturated heterocycles. The molecule has 1 aromatic heterocycles. The first-order valence-corrected chi connectivity index (χ1v) is 10.3. The smallest absolute Gasteiger partial charge is 0.287 e. The molecule has 156 valence electrons. The second-order valence-electron chi connectivity index (χ2n) is 6.76. The van der Waals surface area contributed by atoms with Gasteiger partial charge in [0.15, 0.2) is 5.76 Å². The highest BCUT2D eigenvalue weighted by Crippen LogP contribution is 2.16. The minimum absolute atomic E-state index is 0.169. The van der Waals surface area contributed by atoms with Crippen LogP contribution in [0, 0.1) is 0 Å². The highest BCUT2D eigenvalue weighted by atomic mass is 79.9. The fourth-order valence-corrected chi connectivity index (χ4v) is 3.16. The van der Waals surface area contributed by atoms with E-state index in [-0.39, 0.29) is 11.7 Å². The third-order valence-corrected chi connectivity index (χ3v) is 5.04. The maximum Gasteiger partial charge on any atom is 0.287 e. The molecule has 6 nitrogen and oxygen atoms in total. The molecule has 7 heteroatoms. The molecule has 0 aliphatic carbocycles. The van der Waals surface area contributed by atoms with Gasteiger partial charge in [-0.3, -0.25) is 9.59 Å². The Hall–Kier alpha value is -3.06. The number of furan rings is 1. The average Bonchev–Trinajstić information content (AvgIpc) is 3.30. The fraction of sp³-hybridized carbons (Fsp3) is 0.217. The Balaban J connectivity index is 1.62. The Bertz CT molecular complexity index is 943. The molecule has 3 aromatic rings. The van der Waals surface area contributed by atoms with Gasteiger partial charge in [-0.1, -0.05) is 46.3 Å². The second kappa shape index (κ2) is 10.6. The first kappa shape index (κ1) is 21.6. The Labute approximate surface area is 184 Å². The molecule has 0 saturated carbocycles. The second-order valence-corrected chi connectivity index (χ2v) is 7.67. The molecule has 1 N–H and O–H groups in total. The first-order chi connectivity index (χ1) is 14.5. The highest BCUT2D eigenvalue weighted by molar-refractivity contribution is 9.10. The number of hydrogen-bond donors (Lipinski definition) is 1. The summed E-state index contributed by atoms with van der Waals surface area (Å²) in [5, 5.41) is 2.79. The molecule has 0 spiro atoms. The van der Waals surface area contributed by atoms with Gasteiger partial charge in [0.2, 0.25) is 5.91 Å². The van der Waals surface area contributed by atoms with Gasteiger partial charge in [0.05, 0.1) is 12.8 Å². The van der Waals surface area contributed by atoms with E-state index in [9.17, 15) is 9.59 Å². The van der Waals surface area contributed by atoms with E-state index in [1.165, 1.54) is 6.26 Å². The summed E-state index contributed by atoms with van der Waals surface area (Å²) in [6.45, 7) is 0.727. The van der Waals surface area contributed by atoms with E-state index in [0.29, 0.717) is 19.6 Å². The number of amides is 2. The van der Waals surface area contributed by atoms with Crippen molar-refractivity contribution in [1.29, 1.82) is 0 Å². The van der Waals surface area contributed by atoms with Crippen molar-refractivity contribution >= 4 is 27.7 Å². The lowest BCUT2D eigenvalue weighted by atomic mass is 10.0. The van der Waals surface area contributed by atoms with Crippen molar-refractivity contribution in [3.8, 4) is 5.75 Å². The Morgan fingerprint density at radius 3 is 2.47 bits per heavy atom. The molecule has 0 radical (unpaired) electrons. The number of nitrogens with zero attached hydrogens (tertiary/aromatic N) is 1. The minimum atomic E-state index is -0.720. The Kier molecular flexibility index (Phi) is 7.68. The van der Waals surface area contributed by atoms with E-state index in [1.807, 2.05) is 54.6 Å². The molecule has 3 rings (SSSR count). The van der Waals surface area contributed by atoms with Crippen LogP contribution in [0.4, 0.5) is 0 Å². The van der Waals surface area contributed by atoms with Crippen molar-refractivity contribution < 1.29 is 18.7 Å². The van der Waals surface area contributed by atoms with Crippen molar-refractivity contribution in [1.82, 2.24) is 10.2 Å². The lowest BCUT2D eigenvalue weighted by Crippen LogP contribution is -2.49. The number of hydrogen-bond acceptors (Lipinski definition) is 4. The first-order valence-electron chi connectivity index (χ1n) is 9.54. The van der Waals surface area contributed by atoms with E-state index in [4.69, 9.17) is 9.15 Å². The van der Waals surface area contributed by atoms with Crippen LogP contribution < -0.4 is 10.1 Å². The lowest BCUT2D eigenvalue weighted by Gasteiger charge is -2.24. The summed E-state index contributed by atoms with van der Waals surface area (Å²) in [4.78, 5) is 27.1. The van der Waals surface area contributed by atoms with Crippen molar-refractivity contribution in [3.05, 3.63) is 88.8 Å². The SMILES string of the molecule is CN(CCOc1ccc(Br)cc1)C(=O)C(Cc1ccccc1)NC(=O)c1ccco1. The number of carbonyl (C=O) groups is 2. The summed E-state index contributed by atoms with van der Waals surface area (Å²) >= 11 is 3.38. The van der Waals surface area contributed by atoms with Crippen LogP contribution in [-0.2, 0) is 11.2 Å². The lowest BCUT2D eigenvalue weighted by molar-refractivity contribution is -0.132. The van der Waals surface area contributed by atoms with Crippen LogP contribution in [-0.4, -0.2) is 43.0 Å². The molecule has 2 amide bonds. The van der Waals surface area contributed by atoms with Crippen LogP contribution in [0.2, 0.25) is 0 Å². The van der Waals surface area contributed by atoms with Gasteiger partial charge < -0.3 is 19.4 Å². The van der Waals surface area contributed by atoms with Crippen molar-refractivity contribution in [3.63, 3.8) is 0 Å². The van der Waals surface area contributed by atoms with Crippen molar-refractivity contribution in [2.45, 2.75) is 12.5 Å². The van der Waals surface area contributed by atoms with Crippen molar-refractivity contribution in [2.75, 3.05) is 20.2 Å². The van der Waals surface area contributed by atoms with Crippen LogP contribution in [0.25, 0.3) is 0 Å². The zero-order valence-corrected chi connectivity index (χ0v) is 18.2. The van der Waals surface area contributed by atoms with Crippen LogP contribution in [0.1, 0.15) is 16.1 Å². The van der Waals surface area contributed by atoms with Gasteiger partial charge in [-0.25, -0.2) is 0 Å². The summed E-state index contributed by atoms with van der Waals surface area (Å²) in [6, 6.07) is 19.5. The van der Waals surface area contributed by atoms with Gasteiger partial charge in [-0.2, -0.15) is 0 Å². The molecule has 1 unspecified atom stereocenters. The average molecular weight is 471 g/mol. The third-order valence-electron chi connectivity index (χ3n) is 4.52. The summed E-state index contributed by atoms with van der Waals surface area (Å²) in [6.07, 6.45) is 1.80. The standard InChI is InChI=1S/C23H23BrN2O4/c1-26(13-15-29-19-11-9-18(24)10-12-19)23(28)20(16-17-6-3-2-4-7-17)25-22(27)21-8-5-14-30-21/h2-12,14,20H,13,15-16H2,1H3,(H,25,27). The number of likely N-dealkylation sites (N-methyl/N-ethyl adjacent to an activating group) is 1. The zero-order chi connectivity index (χ0) is 21.3. The number of benzene rings is 2. The van der Waals surface area contributed by atoms with Crippen LogP contribution in [0.15, 0.2) is 81.9 Å². The Morgan fingerprint density at radius 1 is 1.07 bits per heavy atom. The van der Waals surface area contributed by atoms with E-state index < -0.39 is 11.9 Å². The highest BCUT2D eigenvalue weighted by Gasteiger charge is 2.25. The minimum Gasteiger partial charge on any atom is -0.492 e. The predicted octanol–water partition coefficient (Wildman–Crippen LogP) is 3.92. The monoisotopic (exact) mass is 470 g/mol. The van der Waals surface area contributed by atoms with E-state index in [2.05, 4.69) is 21.2 Å². The van der Waals surface area contributed by atoms with Gasteiger partial charge in [0.25, 0.3) is 5.91 Å². The fourth-order valence-electron chi connectivity index (χ4n) is 2.89. The van der Waals surface area contributed by atoms with Crippen LogP contribution in [0.5, 0.6) is 5.75 Å². The number of halogens is 1. The maximum absolute atomic E-state index is 13.1. The third kappa shape index (κ3) is 6.22. The van der Waals surface area contributed by atoms with E-state index in [1.54, 1.807) is 24.1 Å². The zero-order valence-electron chi connectivity index (χ0n) is 16.6. The molecular weight excluding hydrogens is 448 g/mol. The van der Waals surface area contributed by atoms with Crippen LogP contribution in [0.3, 0.4) is 0 Å². The molecule has 2 aromatic carbocycles. The topological polar surface area (TPSA) is 71.8 Å². The van der Waals surface area contributed by atoms with Gasteiger partial charge >= 0.3 is 0 Å². The summed E-state index contributed by atoms with van der Waals surface area (Å²) in [7, 11) is 1.70. The number of carbonyl (C=O) groups excluding carboxylic acids is 2. The van der Waals surface area contributed by atoms with Gasteiger partial charge in [0.1, 0.15) is 18.4 Å². The molecule has 0 aliphatic rings. The number of nitrogens with one attached hydrogen (secondary N) is 1. The largest absolute Gasteiger partial charge is 0.492 e. The molecule has 1 heterocycles. The summed E-state index contributed by atoms with van der Waals surface area (Å²) in [5.41, 5.74) is 0.954. The molecule has 0 aliphatic heterocycles. The maximum atomic E-state index is 13.1. The number of rotatable bonds is 9. The summed E-state index contributed by atoms with van der Waals surface area (Å²) in [5.74, 6) is 0.278. The normalized spacial score (nSPS) is 11.5. The van der Waals surface area contributed by atoms with Gasteiger partial charge in [0, 0.05) is 17.9 Å². The molecule has 1 atom stereocenters. The van der Waals surface area contributed by atoms with E-state index >= 15 is 0 Å². The van der Waals surface area contributed by atoms with Gasteiger partial charge in [-0.05, 0) is 42.0 Å². The molecular formula is C23H23BrN2O4. The number of ether oxygens (including phenoxy) is 1. The predicted molar refractivity (Wildman–Crippen MR) is 117 cm³/mol. The molecule has 30 heavy (non-hydrogen) atoms. The van der Waals surface area contributed by atoms with Crippen molar-refractivity contribution in [2.24, 2.45) is 0 Å². The van der Waals surface area contributed by atoms with E-state index in [0.717, 1.165) is 15.8 Å². The molecule has 0 bridgehead atoms. The van der Waals surface area contributed by atoms with Crippen LogP contribution >= 0.6 is 15.9 Å². The van der Waals surface area contributed by atoms with Gasteiger partial charge in [-0.15, -0.1) is 0 Å².